The quantitative estimate of drug-likeness (QED) is 0.651. The lowest BCUT2D eigenvalue weighted by Crippen LogP contribution is -2.52. The number of hydrogen-bond acceptors (Lipinski definition) is 5. The number of nitrogens with zero attached hydrogens (tertiary/aromatic N) is 2. The number of aromatic nitrogens is 2. The van der Waals surface area contributed by atoms with E-state index in [9.17, 15) is 0 Å². The van der Waals surface area contributed by atoms with E-state index in [4.69, 9.17) is 0 Å². The highest BCUT2D eigenvalue weighted by atomic mass is 79.9. The molecule has 0 atom stereocenters. The Labute approximate surface area is 91.2 Å². The average Bonchev–Trinajstić information content (AvgIpc) is 2.04. The van der Waals surface area contributed by atoms with Crippen molar-refractivity contribution in [2.45, 2.75) is 6.04 Å². The van der Waals surface area contributed by atoms with Gasteiger partial charge in [0.1, 0.15) is 6.33 Å². The molecule has 1 aliphatic rings. The van der Waals surface area contributed by atoms with Crippen LogP contribution in [0.2, 0.25) is 0 Å². The third kappa shape index (κ3) is 4.56. The first kappa shape index (κ1) is 10.9. The van der Waals surface area contributed by atoms with E-state index in [1.807, 2.05) is 0 Å². The van der Waals surface area contributed by atoms with E-state index in [1.54, 1.807) is 12.4 Å². The van der Waals surface area contributed by atoms with E-state index in [-0.39, 0.29) is 0 Å². The minimum absolute atomic E-state index is 0.619. The molecule has 0 bridgehead atoms. The van der Waals surface area contributed by atoms with Crippen molar-refractivity contribution in [3.8, 4) is 0 Å². The highest BCUT2D eigenvalue weighted by molar-refractivity contribution is 9.10. The van der Waals surface area contributed by atoms with Crippen LogP contribution in [-0.4, -0.2) is 29.1 Å². The molecule has 1 aliphatic heterocycles. The Balaban J connectivity index is 0.000000132. The predicted octanol–water partition coefficient (Wildman–Crippen LogP) is 0.632. The maximum atomic E-state index is 3.86. The smallest absolute Gasteiger partial charge is 0.115 e. The number of halogens is 1. The highest BCUT2D eigenvalue weighted by Gasteiger charge is 2.12. The minimum Gasteiger partial charge on any atom is -0.313 e. The molecule has 13 heavy (non-hydrogen) atoms. The molecule has 2 N–H and O–H groups in total. The first-order valence-electron chi connectivity index (χ1n) is 3.84. The maximum absolute atomic E-state index is 3.86. The van der Waals surface area contributed by atoms with Crippen LogP contribution in [0.5, 0.6) is 0 Å². The second-order valence-electron chi connectivity index (χ2n) is 2.54. The zero-order valence-corrected chi connectivity index (χ0v) is 9.42. The van der Waals surface area contributed by atoms with Gasteiger partial charge in [-0.25, -0.2) is 9.97 Å². The lowest BCUT2D eigenvalue weighted by molar-refractivity contribution is 0.425. The van der Waals surface area contributed by atoms with Crippen molar-refractivity contribution < 1.29 is 0 Å². The summed E-state index contributed by atoms with van der Waals surface area (Å²) in [6.45, 7) is 2.15. The van der Waals surface area contributed by atoms with Crippen LogP contribution in [-0.2, 0) is 0 Å². The van der Waals surface area contributed by atoms with Crippen LogP contribution in [0.4, 0.5) is 0 Å². The molecule has 6 heteroatoms. The van der Waals surface area contributed by atoms with Gasteiger partial charge in [-0.3, -0.25) is 4.72 Å². The third-order valence-corrected chi connectivity index (χ3v) is 2.27. The van der Waals surface area contributed by atoms with E-state index in [0.29, 0.717) is 6.04 Å². The van der Waals surface area contributed by atoms with E-state index in [0.717, 1.165) is 17.6 Å². The summed E-state index contributed by atoms with van der Waals surface area (Å²) < 4.78 is 3.75. The fraction of sp³-hybridized carbons (Fsp3) is 0.429. The van der Waals surface area contributed by atoms with Gasteiger partial charge >= 0.3 is 0 Å². The largest absolute Gasteiger partial charge is 0.313 e. The van der Waals surface area contributed by atoms with Crippen LogP contribution in [0.15, 0.2) is 23.2 Å². The van der Waals surface area contributed by atoms with Gasteiger partial charge in [0.25, 0.3) is 0 Å². The predicted molar refractivity (Wildman–Crippen MR) is 58.5 cm³/mol. The van der Waals surface area contributed by atoms with Crippen LogP contribution in [0, 0.1) is 0 Å². The van der Waals surface area contributed by atoms with Crippen molar-refractivity contribution in [1.29, 1.82) is 0 Å². The first-order chi connectivity index (χ1) is 6.33. The molecule has 0 saturated carbocycles. The Kier molecular flexibility index (Phi) is 5.29. The minimum atomic E-state index is 0.619. The van der Waals surface area contributed by atoms with Crippen molar-refractivity contribution in [2.24, 2.45) is 0 Å². The van der Waals surface area contributed by atoms with Crippen molar-refractivity contribution in [1.82, 2.24) is 20.0 Å². The second kappa shape index (κ2) is 6.31. The van der Waals surface area contributed by atoms with Gasteiger partial charge in [-0.05, 0) is 15.9 Å². The van der Waals surface area contributed by atoms with E-state index < -0.39 is 0 Å². The maximum Gasteiger partial charge on any atom is 0.115 e. The van der Waals surface area contributed by atoms with Gasteiger partial charge in [-0.15, -0.1) is 0 Å². The number of thiol groups is 1. The van der Waals surface area contributed by atoms with Crippen molar-refractivity contribution >= 4 is 28.7 Å². The summed E-state index contributed by atoms with van der Waals surface area (Å²) in [5, 5.41) is 3.10. The second-order valence-corrected chi connectivity index (χ2v) is 3.71. The third-order valence-electron chi connectivity index (χ3n) is 1.49. The van der Waals surface area contributed by atoms with Crippen LogP contribution >= 0.6 is 28.7 Å². The SMILES string of the molecule is Brc1cncnc1.SNC1CNC1. The van der Waals surface area contributed by atoms with Crippen LogP contribution in [0.25, 0.3) is 0 Å². The molecule has 2 heterocycles. The van der Waals surface area contributed by atoms with Gasteiger partial charge < -0.3 is 5.32 Å². The molecule has 1 aromatic heterocycles. The van der Waals surface area contributed by atoms with E-state index in [2.05, 4.69) is 48.8 Å². The Morgan fingerprint density at radius 2 is 2.08 bits per heavy atom. The molecule has 0 radical (unpaired) electrons. The fourth-order valence-electron chi connectivity index (χ4n) is 0.661. The average molecular weight is 263 g/mol. The lowest BCUT2D eigenvalue weighted by Gasteiger charge is -2.25. The molecule has 1 fully saturated rings. The normalized spacial score (nSPS) is 15.5. The Bertz CT molecular complexity index is 226. The van der Waals surface area contributed by atoms with Gasteiger partial charge in [0, 0.05) is 31.5 Å². The van der Waals surface area contributed by atoms with Gasteiger partial charge in [0.15, 0.2) is 0 Å². The van der Waals surface area contributed by atoms with Crippen molar-refractivity contribution in [3.05, 3.63) is 23.2 Å². The van der Waals surface area contributed by atoms with Crippen LogP contribution in [0.1, 0.15) is 0 Å². The van der Waals surface area contributed by atoms with Gasteiger partial charge in [0.2, 0.25) is 0 Å². The summed E-state index contributed by atoms with van der Waals surface area (Å²) in [5.41, 5.74) is 0. The molecule has 72 valence electrons. The Hall–Kier alpha value is -0.170. The Morgan fingerprint density at radius 1 is 1.46 bits per heavy atom. The van der Waals surface area contributed by atoms with E-state index >= 15 is 0 Å². The molecule has 0 unspecified atom stereocenters. The topological polar surface area (TPSA) is 49.8 Å². The summed E-state index contributed by atoms with van der Waals surface area (Å²) in [7, 11) is 0. The van der Waals surface area contributed by atoms with Crippen LogP contribution in [0.3, 0.4) is 0 Å². The molecule has 0 amide bonds. The lowest BCUT2D eigenvalue weighted by atomic mass is 10.2. The van der Waals surface area contributed by atoms with Crippen LogP contribution < -0.4 is 10.0 Å². The first-order valence-corrected chi connectivity index (χ1v) is 5.08. The molecular weight excluding hydrogens is 252 g/mol. The molecule has 0 spiro atoms. The van der Waals surface area contributed by atoms with Crippen molar-refractivity contribution in [2.75, 3.05) is 13.1 Å². The molecule has 0 aliphatic carbocycles. The summed E-state index contributed by atoms with van der Waals surface area (Å²) in [5.74, 6) is 0. The zero-order chi connectivity index (χ0) is 9.52. The van der Waals surface area contributed by atoms with Gasteiger partial charge in [-0.1, -0.05) is 12.8 Å². The summed E-state index contributed by atoms with van der Waals surface area (Å²) in [6, 6.07) is 0.619. The van der Waals surface area contributed by atoms with Gasteiger partial charge in [0.05, 0.1) is 4.47 Å². The molecule has 1 aromatic rings. The van der Waals surface area contributed by atoms with Crippen molar-refractivity contribution in [3.63, 3.8) is 0 Å². The number of hydrogen-bond donors (Lipinski definition) is 3. The summed E-state index contributed by atoms with van der Waals surface area (Å²) in [4.78, 5) is 7.45. The highest BCUT2D eigenvalue weighted by Crippen LogP contribution is 2.00. The summed E-state index contributed by atoms with van der Waals surface area (Å²) >= 11 is 7.04. The molecule has 2 rings (SSSR count). The molecular formula is C7H11BrN4S. The van der Waals surface area contributed by atoms with Gasteiger partial charge in [-0.2, -0.15) is 0 Å². The summed E-state index contributed by atoms with van der Waals surface area (Å²) in [6.07, 6.45) is 4.87. The molecule has 1 saturated heterocycles. The fourth-order valence-corrected chi connectivity index (χ4v) is 1.08. The molecule has 4 nitrogen and oxygen atoms in total. The Morgan fingerprint density at radius 3 is 2.23 bits per heavy atom. The standard InChI is InChI=1S/C4H3BrN2.C3H8N2S/c5-4-1-6-3-7-2-4;6-5-3-1-4-2-3/h1-3H;3-6H,1-2H2. The molecule has 0 aromatic carbocycles. The zero-order valence-electron chi connectivity index (χ0n) is 6.94. The number of nitrogens with one attached hydrogen (secondary N) is 2. The van der Waals surface area contributed by atoms with E-state index in [1.165, 1.54) is 6.33 Å². The number of rotatable bonds is 1. The monoisotopic (exact) mass is 262 g/mol.